The first kappa shape index (κ1) is 25.0. The van der Waals surface area contributed by atoms with Gasteiger partial charge in [0, 0.05) is 70.3 Å². The highest BCUT2D eigenvalue weighted by Gasteiger charge is 2.38. The minimum Gasteiger partial charge on any atom is -0.390 e. The molecule has 3 saturated heterocycles. The molecule has 3 aliphatic heterocycles. The maximum Gasteiger partial charge on any atom is 0.254 e. The quantitative estimate of drug-likeness (QED) is 0.664. The molecule has 3 heterocycles. The molecular formula is C28H37FN4O3. The Morgan fingerprint density at radius 2 is 1.44 bits per heavy atom. The number of ether oxygens (including phenoxy) is 1. The van der Waals surface area contributed by atoms with Crippen LogP contribution in [0.25, 0.3) is 0 Å². The number of benzene rings is 2. The van der Waals surface area contributed by atoms with Gasteiger partial charge in [-0.15, -0.1) is 0 Å². The normalized spacial score (nSPS) is 25.7. The van der Waals surface area contributed by atoms with Crippen molar-refractivity contribution in [3.63, 3.8) is 0 Å². The van der Waals surface area contributed by atoms with E-state index < -0.39 is 12.2 Å². The lowest BCUT2D eigenvalue weighted by molar-refractivity contribution is -0.168. The topological polar surface area (TPSA) is 59.5 Å². The number of carbonyl (C=O) groups excluding carboxylic acids is 1. The Labute approximate surface area is 213 Å². The third-order valence-corrected chi connectivity index (χ3v) is 7.76. The smallest absolute Gasteiger partial charge is 0.254 e. The van der Waals surface area contributed by atoms with Gasteiger partial charge in [-0.2, -0.15) is 0 Å². The molecule has 0 bridgehead atoms. The molecule has 194 valence electrons. The largest absolute Gasteiger partial charge is 0.390 e. The molecule has 2 aromatic rings. The van der Waals surface area contributed by atoms with Gasteiger partial charge in [-0.25, -0.2) is 4.39 Å². The van der Waals surface area contributed by atoms with E-state index in [9.17, 15) is 14.3 Å². The van der Waals surface area contributed by atoms with Crippen LogP contribution in [0.1, 0.15) is 19.3 Å². The van der Waals surface area contributed by atoms with Crippen molar-refractivity contribution >= 4 is 17.3 Å². The fourth-order valence-corrected chi connectivity index (χ4v) is 5.52. The second-order valence-corrected chi connectivity index (χ2v) is 10.1. The van der Waals surface area contributed by atoms with Crippen LogP contribution in [0, 0.1) is 5.82 Å². The van der Waals surface area contributed by atoms with Gasteiger partial charge >= 0.3 is 0 Å². The summed E-state index contributed by atoms with van der Waals surface area (Å²) in [6.07, 6.45) is 0.728. The van der Waals surface area contributed by atoms with Crippen LogP contribution in [0.2, 0.25) is 0 Å². The minimum absolute atomic E-state index is 0.0110. The molecule has 8 heteroatoms. The molecular weight excluding hydrogens is 459 g/mol. The summed E-state index contributed by atoms with van der Waals surface area (Å²) in [4.78, 5) is 22.1. The number of para-hydroxylation sites is 1. The molecule has 3 atom stereocenters. The number of anilines is 2. The number of aliphatic hydroxyl groups excluding tert-OH is 1. The molecule has 0 saturated carbocycles. The monoisotopic (exact) mass is 496 g/mol. The van der Waals surface area contributed by atoms with Crippen molar-refractivity contribution < 1.29 is 19.0 Å². The summed E-state index contributed by atoms with van der Waals surface area (Å²) in [5.74, 6) is -0.283. The first-order chi connectivity index (χ1) is 17.6. The third-order valence-electron chi connectivity index (χ3n) is 7.76. The molecule has 1 amide bonds. The van der Waals surface area contributed by atoms with Crippen LogP contribution in [0.15, 0.2) is 54.6 Å². The predicted octanol–water partition coefficient (Wildman–Crippen LogP) is 2.60. The second-order valence-electron chi connectivity index (χ2n) is 10.1. The molecule has 0 radical (unpaired) electrons. The van der Waals surface area contributed by atoms with Crippen molar-refractivity contribution in [2.45, 2.75) is 37.6 Å². The zero-order valence-electron chi connectivity index (χ0n) is 20.8. The number of hydrogen-bond acceptors (Lipinski definition) is 6. The van der Waals surface area contributed by atoms with E-state index in [1.165, 1.54) is 17.8 Å². The van der Waals surface area contributed by atoms with E-state index in [1.807, 2.05) is 35.2 Å². The average Bonchev–Trinajstić information content (AvgIpc) is 2.93. The molecule has 3 fully saturated rings. The summed E-state index contributed by atoms with van der Waals surface area (Å²) in [7, 11) is 0. The molecule has 3 aliphatic rings. The first-order valence-electron chi connectivity index (χ1n) is 13.2. The number of rotatable bonds is 6. The van der Waals surface area contributed by atoms with Crippen molar-refractivity contribution in [1.82, 2.24) is 9.80 Å². The number of carbonyl (C=O) groups is 1. The van der Waals surface area contributed by atoms with Gasteiger partial charge in [-0.05, 0) is 55.7 Å². The van der Waals surface area contributed by atoms with Gasteiger partial charge in [0.2, 0.25) is 0 Å². The zero-order chi connectivity index (χ0) is 24.9. The zero-order valence-corrected chi connectivity index (χ0v) is 20.8. The van der Waals surface area contributed by atoms with Gasteiger partial charge in [-0.1, -0.05) is 18.2 Å². The van der Waals surface area contributed by atoms with E-state index in [0.717, 1.165) is 64.3 Å². The lowest BCUT2D eigenvalue weighted by atomic mass is 9.98. The third kappa shape index (κ3) is 5.99. The van der Waals surface area contributed by atoms with Crippen molar-refractivity contribution in [2.75, 3.05) is 68.7 Å². The van der Waals surface area contributed by atoms with Gasteiger partial charge in [0.15, 0.2) is 6.10 Å². The first-order valence-corrected chi connectivity index (χ1v) is 13.2. The van der Waals surface area contributed by atoms with Gasteiger partial charge in [0.25, 0.3) is 5.91 Å². The van der Waals surface area contributed by atoms with Gasteiger partial charge in [-0.3, -0.25) is 9.69 Å². The molecule has 1 N–H and O–H groups in total. The molecule has 0 unspecified atom stereocenters. The van der Waals surface area contributed by atoms with Crippen molar-refractivity contribution in [2.24, 2.45) is 0 Å². The van der Waals surface area contributed by atoms with Crippen LogP contribution < -0.4 is 9.80 Å². The van der Waals surface area contributed by atoms with Crippen molar-refractivity contribution in [3.05, 3.63) is 60.4 Å². The Bertz CT molecular complexity index is 976. The van der Waals surface area contributed by atoms with Crippen LogP contribution >= 0.6 is 0 Å². The maximum absolute atomic E-state index is 13.2. The SMILES string of the molecule is O=C([C@H]1O[C@H](CCN2CCN(c3ccc(F)cc3)CC2)CC[C@@H]1O)N1CCN(c2ccccc2)CC1. The summed E-state index contributed by atoms with van der Waals surface area (Å²) in [5.41, 5.74) is 2.24. The summed E-state index contributed by atoms with van der Waals surface area (Å²) >= 11 is 0. The number of hydrogen-bond donors (Lipinski definition) is 1. The van der Waals surface area contributed by atoms with E-state index in [4.69, 9.17) is 4.74 Å². The summed E-state index contributed by atoms with van der Waals surface area (Å²) in [6.45, 7) is 7.47. The highest BCUT2D eigenvalue weighted by Crippen LogP contribution is 2.25. The second kappa shape index (κ2) is 11.6. The summed E-state index contributed by atoms with van der Waals surface area (Å²) < 4.78 is 19.4. The highest BCUT2D eigenvalue weighted by atomic mass is 19.1. The number of amides is 1. The number of nitrogens with zero attached hydrogens (tertiary/aromatic N) is 4. The van der Waals surface area contributed by atoms with Gasteiger partial charge < -0.3 is 24.5 Å². The number of piperazine rings is 2. The molecule has 7 nitrogen and oxygen atoms in total. The summed E-state index contributed by atoms with van der Waals surface area (Å²) in [5, 5.41) is 10.6. The number of aliphatic hydroxyl groups is 1. The molecule has 5 rings (SSSR count). The fraction of sp³-hybridized carbons (Fsp3) is 0.536. The average molecular weight is 497 g/mol. The lowest BCUT2D eigenvalue weighted by Gasteiger charge is -2.41. The standard InChI is InChI=1S/C28H37FN4O3/c29-22-6-8-24(9-7-22)31-16-14-30(15-17-31)13-12-25-10-11-26(34)27(36-25)28(35)33-20-18-32(19-21-33)23-4-2-1-3-5-23/h1-9,25-27,34H,10-21H2/t25-,26-,27-/m0/s1. The minimum atomic E-state index is -0.762. The van der Waals surface area contributed by atoms with E-state index >= 15 is 0 Å². The Kier molecular flexibility index (Phi) is 8.04. The summed E-state index contributed by atoms with van der Waals surface area (Å²) in [6, 6.07) is 17.0. The highest BCUT2D eigenvalue weighted by molar-refractivity contribution is 5.82. The predicted molar refractivity (Wildman–Crippen MR) is 139 cm³/mol. The van der Waals surface area contributed by atoms with E-state index in [2.05, 4.69) is 26.8 Å². The van der Waals surface area contributed by atoms with Gasteiger partial charge in [0.1, 0.15) is 5.82 Å². The van der Waals surface area contributed by atoms with Crippen LogP contribution in [0.3, 0.4) is 0 Å². The maximum atomic E-state index is 13.2. The fourth-order valence-electron chi connectivity index (χ4n) is 5.52. The Hall–Kier alpha value is -2.68. The Morgan fingerprint density at radius 1 is 0.833 bits per heavy atom. The van der Waals surface area contributed by atoms with Crippen LogP contribution in [-0.4, -0.2) is 98.0 Å². The van der Waals surface area contributed by atoms with E-state index in [1.54, 1.807) is 0 Å². The van der Waals surface area contributed by atoms with E-state index in [-0.39, 0.29) is 17.8 Å². The lowest BCUT2D eigenvalue weighted by Crippen LogP contribution is -2.56. The molecule has 36 heavy (non-hydrogen) atoms. The van der Waals surface area contributed by atoms with Gasteiger partial charge in [0.05, 0.1) is 12.2 Å². The Balaban J connectivity index is 1.06. The molecule has 0 spiro atoms. The van der Waals surface area contributed by atoms with Crippen LogP contribution in [-0.2, 0) is 9.53 Å². The Morgan fingerprint density at radius 3 is 2.11 bits per heavy atom. The van der Waals surface area contributed by atoms with Crippen molar-refractivity contribution in [3.8, 4) is 0 Å². The molecule has 0 aromatic heterocycles. The molecule has 0 aliphatic carbocycles. The van der Waals surface area contributed by atoms with Crippen molar-refractivity contribution in [1.29, 1.82) is 0 Å². The van der Waals surface area contributed by atoms with Crippen LogP contribution in [0.4, 0.5) is 15.8 Å². The van der Waals surface area contributed by atoms with Crippen LogP contribution in [0.5, 0.6) is 0 Å². The molecule has 2 aromatic carbocycles. The number of halogens is 1. The van der Waals surface area contributed by atoms with E-state index in [0.29, 0.717) is 19.5 Å².